The number of benzene rings is 5. The summed E-state index contributed by atoms with van der Waals surface area (Å²) in [5, 5.41) is 6.28. The number of aryl methyl sites for hydroxylation is 2. The van der Waals surface area contributed by atoms with Gasteiger partial charge in [-0.2, -0.15) is 0 Å². The standard InChI is InChI=1S/C28H20NS.C13H12N.Ir/c1-17(2)23-16-19(15-18-9-3-4-10-20(18)23)27-28-26(21-11-5-7-13-24(21)29-27)22-12-6-8-14-25(22)30-28;1-10-8-11(2)14-13(9-10)12-6-4-3-5-7-12;/h3-14,16-17H,1-2H3;3-6,8-9H,1-2H3;/q2*-1;. The summed E-state index contributed by atoms with van der Waals surface area (Å²) in [5.74, 6) is 0.432. The molecule has 0 saturated carbocycles. The van der Waals surface area contributed by atoms with Crippen LogP contribution in [0.2, 0.25) is 0 Å². The van der Waals surface area contributed by atoms with Crippen molar-refractivity contribution in [1.82, 2.24) is 9.97 Å². The van der Waals surface area contributed by atoms with Crippen LogP contribution in [0.25, 0.3) is 64.4 Å². The normalized spacial score (nSPS) is 11.1. The van der Waals surface area contributed by atoms with Crippen LogP contribution in [-0.2, 0) is 20.1 Å². The summed E-state index contributed by atoms with van der Waals surface area (Å²) in [6.07, 6.45) is 0. The topological polar surface area (TPSA) is 25.8 Å². The van der Waals surface area contributed by atoms with E-state index in [4.69, 9.17) is 4.98 Å². The van der Waals surface area contributed by atoms with Crippen LogP contribution >= 0.6 is 11.3 Å². The SMILES string of the molecule is CC(C)c1cc(-c2nc3ccccc3c3c2sc2ccccc23)[c-]c2ccccc12.Cc1cc(C)nc(-c2[c-]cccc2)c1.[Ir]. The van der Waals surface area contributed by atoms with Crippen LogP contribution < -0.4 is 0 Å². The van der Waals surface area contributed by atoms with Gasteiger partial charge < -0.3 is 4.98 Å². The molecule has 0 fully saturated rings. The van der Waals surface area contributed by atoms with E-state index >= 15 is 0 Å². The number of para-hydroxylation sites is 1. The zero-order valence-corrected chi connectivity index (χ0v) is 28.9. The number of nitrogens with zero attached hydrogens (tertiary/aromatic N) is 2. The van der Waals surface area contributed by atoms with E-state index < -0.39 is 0 Å². The molecule has 223 valence electrons. The number of fused-ring (bicyclic) bond motifs is 6. The van der Waals surface area contributed by atoms with Gasteiger partial charge in [0.25, 0.3) is 0 Å². The summed E-state index contributed by atoms with van der Waals surface area (Å²) in [5.41, 5.74) is 8.86. The van der Waals surface area contributed by atoms with E-state index in [0.29, 0.717) is 5.92 Å². The van der Waals surface area contributed by atoms with Crippen LogP contribution in [0.3, 0.4) is 0 Å². The van der Waals surface area contributed by atoms with Crippen molar-refractivity contribution in [3.8, 4) is 22.5 Å². The average molecular weight is 777 g/mol. The van der Waals surface area contributed by atoms with Gasteiger partial charge in [0, 0.05) is 57.1 Å². The van der Waals surface area contributed by atoms with Crippen LogP contribution in [0.4, 0.5) is 0 Å². The minimum absolute atomic E-state index is 0. The predicted molar refractivity (Wildman–Crippen MR) is 188 cm³/mol. The van der Waals surface area contributed by atoms with Gasteiger partial charge in [0.15, 0.2) is 0 Å². The van der Waals surface area contributed by atoms with Crippen LogP contribution in [0.15, 0.2) is 115 Å². The van der Waals surface area contributed by atoms with E-state index in [2.05, 4.69) is 129 Å². The Kier molecular flexibility index (Phi) is 8.92. The Morgan fingerprint density at radius 3 is 2.16 bits per heavy atom. The maximum absolute atomic E-state index is 5.16. The number of hydrogen-bond donors (Lipinski definition) is 0. The van der Waals surface area contributed by atoms with Crippen LogP contribution in [0.5, 0.6) is 0 Å². The third-order valence-electron chi connectivity index (χ3n) is 7.98. The smallest absolute Gasteiger partial charge is 0.0624 e. The maximum Gasteiger partial charge on any atom is 0.0624 e. The summed E-state index contributed by atoms with van der Waals surface area (Å²) >= 11 is 1.84. The third-order valence-corrected chi connectivity index (χ3v) is 9.16. The fraction of sp³-hybridized carbons (Fsp3) is 0.122. The zero-order chi connectivity index (χ0) is 30.2. The average Bonchev–Trinajstić information content (AvgIpc) is 3.44. The van der Waals surface area contributed by atoms with Crippen molar-refractivity contribution in [2.75, 3.05) is 0 Å². The van der Waals surface area contributed by atoms with E-state index in [1.807, 2.05) is 42.5 Å². The van der Waals surface area contributed by atoms with Gasteiger partial charge in [-0.15, -0.1) is 76.4 Å². The Bertz CT molecular complexity index is 2270. The number of thiophene rings is 1. The zero-order valence-electron chi connectivity index (χ0n) is 25.7. The molecule has 0 saturated heterocycles. The molecule has 0 spiro atoms. The van der Waals surface area contributed by atoms with Crippen molar-refractivity contribution in [2.24, 2.45) is 0 Å². The fourth-order valence-corrected chi connectivity index (χ4v) is 7.23. The summed E-state index contributed by atoms with van der Waals surface area (Å²) in [6, 6.07) is 47.0. The minimum Gasteiger partial charge on any atom is -0.302 e. The molecule has 0 atom stereocenters. The van der Waals surface area contributed by atoms with Gasteiger partial charge in [0.1, 0.15) is 0 Å². The second kappa shape index (κ2) is 13.0. The molecule has 8 aromatic rings. The molecule has 1 radical (unpaired) electrons. The molecule has 0 amide bonds. The van der Waals surface area contributed by atoms with Crippen molar-refractivity contribution < 1.29 is 20.1 Å². The van der Waals surface area contributed by atoms with Crippen molar-refractivity contribution >= 4 is 53.2 Å². The molecular weight excluding hydrogens is 745 g/mol. The first-order valence-electron chi connectivity index (χ1n) is 15.0. The number of hydrogen-bond acceptors (Lipinski definition) is 3. The molecule has 0 aliphatic heterocycles. The molecular formula is C41H32IrN2S-2. The van der Waals surface area contributed by atoms with Gasteiger partial charge in [-0.05, 0) is 43.7 Å². The molecule has 45 heavy (non-hydrogen) atoms. The van der Waals surface area contributed by atoms with Gasteiger partial charge in [0.2, 0.25) is 0 Å². The van der Waals surface area contributed by atoms with Gasteiger partial charge >= 0.3 is 0 Å². The Morgan fingerprint density at radius 1 is 0.689 bits per heavy atom. The van der Waals surface area contributed by atoms with Crippen molar-refractivity contribution in [3.05, 3.63) is 144 Å². The van der Waals surface area contributed by atoms with E-state index in [-0.39, 0.29) is 20.1 Å². The first-order valence-corrected chi connectivity index (χ1v) is 15.9. The second-order valence-corrected chi connectivity index (χ2v) is 12.6. The predicted octanol–water partition coefficient (Wildman–Crippen LogP) is 11.5. The quantitative estimate of drug-likeness (QED) is 0.167. The Hall–Kier alpha value is -4.21. The van der Waals surface area contributed by atoms with Crippen molar-refractivity contribution in [1.29, 1.82) is 0 Å². The van der Waals surface area contributed by atoms with Crippen LogP contribution in [0.1, 0.15) is 36.6 Å². The molecule has 0 N–H and O–H groups in total. The van der Waals surface area contributed by atoms with Crippen molar-refractivity contribution in [2.45, 2.75) is 33.6 Å². The van der Waals surface area contributed by atoms with Crippen molar-refractivity contribution in [3.63, 3.8) is 0 Å². The monoisotopic (exact) mass is 777 g/mol. The Labute approximate surface area is 282 Å². The second-order valence-electron chi connectivity index (χ2n) is 11.6. The molecule has 4 heteroatoms. The molecule has 2 nitrogen and oxygen atoms in total. The largest absolute Gasteiger partial charge is 0.302 e. The number of aromatic nitrogens is 2. The molecule has 0 aliphatic carbocycles. The van der Waals surface area contributed by atoms with Gasteiger partial charge in [-0.3, -0.25) is 4.98 Å². The van der Waals surface area contributed by atoms with Crippen LogP contribution in [-0.4, -0.2) is 9.97 Å². The van der Waals surface area contributed by atoms with E-state index in [1.54, 1.807) is 0 Å². The molecule has 0 bridgehead atoms. The fourth-order valence-electron chi connectivity index (χ4n) is 6.01. The van der Waals surface area contributed by atoms with Gasteiger partial charge in [-0.1, -0.05) is 91.0 Å². The molecule has 0 aliphatic rings. The summed E-state index contributed by atoms with van der Waals surface area (Å²) < 4.78 is 2.55. The van der Waals surface area contributed by atoms with Gasteiger partial charge in [0.05, 0.1) is 5.52 Å². The summed E-state index contributed by atoms with van der Waals surface area (Å²) in [7, 11) is 0. The summed E-state index contributed by atoms with van der Waals surface area (Å²) in [4.78, 5) is 9.63. The maximum atomic E-state index is 5.16. The van der Waals surface area contributed by atoms with Gasteiger partial charge in [-0.25, -0.2) is 0 Å². The molecule has 3 heterocycles. The molecule has 0 unspecified atom stereocenters. The van der Waals surface area contributed by atoms with E-state index in [1.165, 1.54) is 42.1 Å². The van der Waals surface area contributed by atoms with E-state index in [9.17, 15) is 0 Å². The first kappa shape index (κ1) is 30.8. The number of pyridine rings is 2. The third kappa shape index (κ3) is 6.07. The molecule has 8 rings (SSSR count). The van der Waals surface area contributed by atoms with Crippen LogP contribution in [0, 0.1) is 26.0 Å². The van der Waals surface area contributed by atoms with E-state index in [0.717, 1.165) is 39.1 Å². The first-order chi connectivity index (χ1) is 21.5. The summed E-state index contributed by atoms with van der Waals surface area (Å²) in [6.45, 7) is 8.61. The number of rotatable bonds is 3. The Morgan fingerprint density at radius 2 is 1.40 bits per heavy atom. The molecule has 5 aromatic carbocycles. The minimum atomic E-state index is 0. The molecule has 3 aromatic heterocycles. The Balaban J connectivity index is 0.000000201.